The number of rotatable bonds is 6. The van der Waals surface area contributed by atoms with Crippen LogP contribution in [-0.4, -0.2) is 24.8 Å². The predicted molar refractivity (Wildman–Crippen MR) is 64.4 cm³/mol. The Bertz CT molecular complexity index is 393. The summed E-state index contributed by atoms with van der Waals surface area (Å²) in [5, 5.41) is 2.34. The molecule has 0 aliphatic carbocycles. The molecule has 0 saturated heterocycles. The first kappa shape index (κ1) is 15.5. The molecule has 1 aromatic carbocycles. The minimum atomic E-state index is -4.48. The zero-order valence-electron chi connectivity index (χ0n) is 10.5. The first-order chi connectivity index (χ1) is 8.93. The number of hydrogen-bond donors (Lipinski definition) is 1. The van der Waals surface area contributed by atoms with Gasteiger partial charge in [-0.15, -0.1) is 0 Å². The zero-order valence-corrected chi connectivity index (χ0v) is 10.5. The zero-order chi connectivity index (χ0) is 14.3. The third kappa shape index (κ3) is 5.74. The first-order valence-electron chi connectivity index (χ1n) is 5.93. The van der Waals surface area contributed by atoms with E-state index in [1.165, 1.54) is 0 Å². The van der Waals surface area contributed by atoms with E-state index in [0.717, 1.165) is 5.56 Å². The molecule has 0 bridgehead atoms. The second-order valence-corrected chi connectivity index (χ2v) is 3.97. The second kappa shape index (κ2) is 7.13. The maximum atomic E-state index is 12.8. The van der Waals surface area contributed by atoms with Crippen molar-refractivity contribution in [3.63, 3.8) is 0 Å². The van der Waals surface area contributed by atoms with Crippen molar-refractivity contribution in [3.8, 4) is 0 Å². The van der Waals surface area contributed by atoms with E-state index in [4.69, 9.17) is 0 Å². The molecule has 0 spiro atoms. The summed E-state index contributed by atoms with van der Waals surface area (Å²) in [6.07, 6.45) is -5.20. The number of benzene rings is 1. The lowest BCUT2D eigenvalue weighted by Crippen LogP contribution is -2.43. The standard InChI is InChI=1S/C13H16F3NO2/c1-2-19-12(18)8-11(13(14,15)16)17-9-10-6-4-3-5-7-10/h3-7,11,17H,2,8-9H2,1H3/t11-/m0/s1. The van der Waals surface area contributed by atoms with Gasteiger partial charge < -0.3 is 10.1 Å². The van der Waals surface area contributed by atoms with Crippen molar-refractivity contribution < 1.29 is 22.7 Å². The largest absolute Gasteiger partial charge is 0.466 e. The Labute approximate surface area is 109 Å². The quantitative estimate of drug-likeness (QED) is 0.811. The smallest absolute Gasteiger partial charge is 0.404 e. The van der Waals surface area contributed by atoms with Crippen molar-refractivity contribution >= 4 is 5.97 Å². The van der Waals surface area contributed by atoms with Crippen molar-refractivity contribution in [1.29, 1.82) is 0 Å². The Hall–Kier alpha value is -1.56. The highest BCUT2D eigenvalue weighted by molar-refractivity contribution is 5.70. The van der Waals surface area contributed by atoms with Crippen LogP contribution in [0.25, 0.3) is 0 Å². The van der Waals surface area contributed by atoms with Gasteiger partial charge in [-0.05, 0) is 12.5 Å². The molecular weight excluding hydrogens is 259 g/mol. The van der Waals surface area contributed by atoms with Crippen LogP contribution in [-0.2, 0) is 16.1 Å². The molecule has 3 nitrogen and oxygen atoms in total. The van der Waals surface area contributed by atoms with Crippen LogP contribution in [0.1, 0.15) is 18.9 Å². The first-order valence-corrected chi connectivity index (χ1v) is 5.93. The Kier molecular flexibility index (Phi) is 5.82. The fraction of sp³-hybridized carbons (Fsp3) is 0.462. The van der Waals surface area contributed by atoms with E-state index in [1.807, 2.05) is 0 Å². The lowest BCUT2D eigenvalue weighted by Gasteiger charge is -2.20. The molecule has 0 aliphatic heterocycles. The number of esters is 1. The molecule has 0 unspecified atom stereocenters. The number of carbonyl (C=O) groups excluding carboxylic acids is 1. The van der Waals surface area contributed by atoms with Crippen LogP contribution in [0, 0.1) is 0 Å². The van der Waals surface area contributed by atoms with Crippen LogP contribution >= 0.6 is 0 Å². The average Bonchev–Trinajstić information content (AvgIpc) is 2.34. The molecule has 6 heteroatoms. The van der Waals surface area contributed by atoms with Crippen molar-refractivity contribution in [2.45, 2.75) is 32.1 Å². The molecular formula is C13H16F3NO2. The van der Waals surface area contributed by atoms with Gasteiger partial charge in [0.15, 0.2) is 0 Å². The molecule has 106 valence electrons. The van der Waals surface area contributed by atoms with Gasteiger partial charge >= 0.3 is 12.1 Å². The molecule has 1 aromatic rings. The molecule has 0 fully saturated rings. The van der Waals surface area contributed by atoms with E-state index in [1.54, 1.807) is 37.3 Å². The highest BCUT2D eigenvalue weighted by atomic mass is 19.4. The van der Waals surface area contributed by atoms with Crippen LogP contribution in [0.3, 0.4) is 0 Å². The van der Waals surface area contributed by atoms with Gasteiger partial charge in [-0.3, -0.25) is 4.79 Å². The normalized spacial score (nSPS) is 13.1. The summed E-state index contributed by atoms with van der Waals surface area (Å²) in [5.74, 6) is -0.856. The Morgan fingerprint density at radius 1 is 1.32 bits per heavy atom. The average molecular weight is 275 g/mol. The lowest BCUT2D eigenvalue weighted by atomic mass is 10.1. The minimum absolute atomic E-state index is 0.0461. The van der Waals surface area contributed by atoms with Gasteiger partial charge in [0.05, 0.1) is 13.0 Å². The third-order valence-corrected chi connectivity index (χ3v) is 2.47. The van der Waals surface area contributed by atoms with Crippen LogP contribution in [0.2, 0.25) is 0 Å². The van der Waals surface area contributed by atoms with Crippen molar-refractivity contribution in [1.82, 2.24) is 5.32 Å². The monoisotopic (exact) mass is 275 g/mol. The summed E-state index contributed by atoms with van der Waals surface area (Å²) >= 11 is 0. The summed E-state index contributed by atoms with van der Waals surface area (Å²) in [4.78, 5) is 11.1. The van der Waals surface area contributed by atoms with E-state index in [9.17, 15) is 18.0 Å². The lowest BCUT2D eigenvalue weighted by molar-refractivity contribution is -0.169. The van der Waals surface area contributed by atoms with Crippen LogP contribution < -0.4 is 5.32 Å². The van der Waals surface area contributed by atoms with E-state index in [0.29, 0.717) is 0 Å². The number of nitrogens with one attached hydrogen (secondary N) is 1. The molecule has 0 saturated carbocycles. The van der Waals surface area contributed by atoms with Gasteiger partial charge in [-0.2, -0.15) is 13.2 Å². The van der Waals surface area contributed by atoms with Crippen LogP contribution in [0.5, 0.6) is 0 Å². The van der Waals surface area contributed by atoms with E-state index in [2.05, 4.69) is 10.1 Å². The maximum Gasteiger partial charge on any atom is 0.404 e. The number of halogens is 3. The maximum absolute atomic E-state index is 12.8. The molecule has 0 radical (unpaired) electrons. The summed E-state index contributed by atoms with van der Waals surface area (Å²) in [7, 11) is 0. The summed E-state index contributed by atoms with van der Waals surface area (Å²) in [6, 6.07) is 6.79. The molecule has 0 amide bonds. The Balaban J connectivity index is 2.58. The number of hydrogen-bond acceptors (Lipinski definition) is 3. The van der Waals surface area contributed by atoms with Crippen LogP contribution in [0.4, 0.5) is 13.2 Å². The van der Waals surface area contributed by atoms with Crippen molar-refractivity contribution in [3.05, 3.63) is 35.9 Å². The fourth-order valence-corrected chi connectivity index (χ4v) is 1.53. The van der Waals surface area contributed by atoms with Gasteiger partial charge in [-0.1, -0.05) is 30.3 Å². The molecule has 0 aliphatic rings. The molecule has 1 atom stereocenters. The van der Waals surface area contributed by atoms with Gasteiger partial charge in [-0.25, -0.2) is 0 Å². The summed E-state index contributed by atoms with van der Waals surface area (Å²) in [5.41, 5.74) is 0.723. The molecule has 1 rings (SSSR count). The van der Waals surface area contributed by atoms with Gasteiger partial charge in [0.25, 0.3) is 0 Å². The topological polar surface area (TPSA) is 38.3 Å². The molecule has 19 heavy (non-hydrogen) atoms. The highest BCUT2D eigenvalue weighted by Gasteiger charge is 2.40. The van der Waals surface area contributed by atoms with Crippen molar-refractivity contribution in [2.75, 3.05) is 6.61 Å². The predicted octanol–water partition coefficient (Wildman–Crippen LogP) is 2.66. The molecule has 0 aromatic heterocycles. The van der Waals surface area contributed by atoms with E-state index >= 15 is 0 Å². The molecule has 1 N–H and O–H groups in total. The number of alkyl halides is 3. The third-order valence-electron chi connectivity index (χ3n) is 2.47. The number of ether oxygens (including phenoxy) is 1. The van der Waals surface area contributed by atoms with Gasteiger partial charge in [0.2, 0.25) is 0 Å². The summed E-state index contributed by atoms with van der Waals surface area (Å²) in [6.45, 7) is 1.67. The van der Waals surface area contributed by atoms with Crippen molar-refractivity contribution in [2.24, 2.45) is 0 Å². The fourth-order valence-electron chi connectivity index (χ4n) is 1.53. The number of carbonyl (C=O) groups is 1. The SMILES string of the molecule is CCOC(=O)C[C@H](NCc1ccccc1)C(F)(F)F. The van der Waals surface area contributed by atoms with E-state index in [-0.39, 0.29) is 13.2 Å². The van der Waals surface area contributed by atoms with E-state index < -0.39 is 24.6 Å². The minimum Gasteiger partial charge on any atom is -0.466 e. The summed E-state index contributed by atoms with van der Waals surface area (Å²) < 4.78 is 42.8. The van der Waals surface area contributed by atoms with Gasteiger partial charge in [0, 0.05) is 6.54 Å². The van der Waals surface area contributed by atoms with Crippen LogP contribution in [0.15, 0.2) is 30.3 Å². The second-order valence-electron chi connectivity index (χ2n) is 3.97. The Morgan fingerprint density at radius 3 is 2.47 bits per heavy atom. The molecule has 0 heterocycles. The Morgan fingerprint density at radius 2 is 1.95 bits per heavy atom. The highest BCUT2D eigenvalue weighted by Crippen LogP contribution is 2.23. The van der Waals surface area contributed by atoms with Gasteiger partial charge in [0.1, 0.15) is 6.04 Å².